The maximum atomic E-state index is 12.4. The minimum absolute atomic E-state index is 0.275. The van der Waals surface area contributed by atoms with Gasteiger partial charge in [0, 0.05) is 5.02 Å². The standard InChI is InChI=1S/C15H9Cl3N2O2S/c1-22-11-5-4-10(18)13-12(11)19-15(23-13)20-14(21)8-6-7(16)2-3-9(8)17/h2-6H,1H3,(H,19,20,21). The number of anilines is 1. The summed E-state index contributed by atoms with van der Waals surface area (Å²) < 4.78 is 5.99. The van der Waals surface area contributed by atoms with Crippen molar-refractivity contribution in [3.05, 3.63) is 51.0 Å². The van der Waals surface area contributed by atoms with E-state index in [-0.39, 0.29) is 5.56 Å². The Bertz CT molecular complexity index is 911. The first-order valence-electron chi connectivity index (χ1n) is 6.39. The molecule has 1 N–H and O–H groups in total. The largest absolute Gasteiger partial charge is 0.494 e. The van der Waals surface area contributed by atoms with Crippen LogP contribution in [-0.4, -0.2) is 18.0 Å². The number of halogens is 3. The third kappa shape index (κ3) is 3.23. The van der Waals surface area contributed by atoms with Crippen LogP contribution in [0.5, 0.6) is 5.75 Å². The predicted octanol–water partition coefficient (Wildman–Crippen LogP) is 5.52. The average molecular weight is 388 g/mol. The lowest BCUT2D eigenvalue weighted by atomic mass is 10.2. The normalized spacial score (nSPS) is 10.8. The molecule has 23 heavy (non-hydrogen) atoms. The summed E-state index contributed by atoms with van der Waals surface area (Å²) >= 11 is 19.4. The molecule has 0 fully saturated rings. The number of nitrogens with zero attached hydrogens (tertiary/aromatic N) is 1. The second-order valence-electron chi connectivity index (χ2n) is 4.52. The molecule has 1 amide bonds. The van der Waals surface area contributed by atoms with Gasteiger partial charge in [0.1, 0.15) is 11.3 Å². The predicted molar refractivity (Wildman–Crippen MR) is 95.6 cm³/mol. The van der Waals surface area contributed by atoms with Crippen LogP contribution in [0.3, 0.4) is 0 Å². The summed E-state index contributed by atoms with van der Waals surface area (Å²) in [4.78, 5) is 16.7. The maximum absolute atomic E-state index is 12.4. The van der Waals surface area contributed by atoms with Gasteiger partial charge in [0.2, 0.25) is 0 Å². The van der Waals surface area contributed by atoms with E-state index < -0.39 is 5.91 Å². The van der Waals surface area contributed by atoms with Crippen molar-refractivity contribution in [3.63, 3.8) is 0 Å². The lowest BCUT2D eigenvalue weighted by Crippen LogP contribution is -2.12. The van der Waals surface area contributed by atoms with E-state index in [1.54, 1.807) is 31.4 Å². The van der Waals surface area contributed by atoms with Crippen molar-refractivity contribution in [2.75, 3.05) is 12.4 Å². The number of methoxy groups -OCH3 is 1. The number of thiazole rings is 1. The van der Waals surface area contributed by atoms with Gasteiger partial charge in [-0.2, -0.15) is 0 Å². The van der Waals surface area contributed by atoms with Crippen LogP contribution in [0.1, 0.15) is 10.4 Å². The summed E-state index contributed by atoms with van der Waals surface area (Å²) in [6, 6.07) is 8.13. The summed E-state index contributed by atoms with van der Waals surface area (Å²) in [5.41, 5.74) is 0.869. The Morgan fingerprint density at radius 1 is 1.17 bits per heavy atom. The molecular weight excluding hydrogens is 379 g/mol. The molecule has 2 aromatic carbocycles. The molecule has 0 atom stereocenters. The van der Waals surface area contributed by atoms with Crippen molar-refractivity contribution in [1.29, 1.82) is 0 Å². The molecular formula is C15H9Cl3N2O2S. The Labute approximate surface area is 150 Å². The van der Waals surface area contributed by atoms with Crippen LogP contribution < -0.4 is 10.1 Å². The number of benzene rings is 2. The Hall–Kier alpha value is -1.53. The number of carbonyl (C=O) groups excluding carboxylic acids is 1. The van der Waals surface area contributed by atoms with Crippen molar-refractivity contribution in [1.82, 2.24) is 4.98 Å². The van der Waals surface area contributed by atoms with Gasteiger partial charge in [0.25, 0.3) is 5.91 Å². The first-order valence-corrected chi connectivity index (χ1v) is 8.34. The highest BCUT2D eigenvalue weighted by Gasteiger charge is 2.16. The number of aromatic nitrogens is 1. The first-order chi connectivity index (χ1) is 11.0. The summed E-state index contributed by atoms with van der Waals surface area (Å²) in [5, 5.41) is 4.38. The molecule has 0 aliphatic carbocycles. The molecule has 0 saturated carbocycles. The third-order valence-electron chi connectivity index (χ3n) is 3.07. The molecule has 0 spiro atoms. The molecule has 1 heterocycles. The molecule has 0 saturated heterocycles. The summed E-state index contributed by atoms with van der Waals surface area (Å²) in [5.74, 6) is 0.189. The molecule has 1 aromatic heterocycles. The molecule has 3 rings (SSSR count). The molecule has 8 heteroatoms. The SMILES string of the molecule is COc1ccc(Cl)c2sc(NC(=O)c3cc(Cl)ccc3Cl)nc12. The minimum Gasteiger partial charge on any atom is -0.494 e. The first kappa shape index (κ1) is 16.3. The van der Waals surface area contributed by atoms with E-state index in [4.69, 9.17) is 39.5 Å². The summed E-state index contributed by atoms with van der Waals surface area (Å²) in [6.45, 7) is 0. The minimum atomic E-state index is -0.397. The third-order valence-corrected chi connectivity index (χ3v) is 5.07. The topological polar surface area (TPSA) is 51.2 Å². The smallest absolute Gasteiger partial charge is 0.259 e. The van der Waals surface area contributed by atoms with Crippen LogP contribution in [0.2, 0.25) is 15.1 Å². The Kier molecular flexibility index (Phi) is 4.64. The monoisotopic (exact) mass is 386 g/mol. The van der Waals surface area contributed by atoms with Crippen molar-refractivity contribution in [2.45, 2.75) is 0 Å². The highest BCUT2D eigenvalue weighted by molar-refractivity contribution is 7.23. The molecule has 118 valence electrons. The van der Waals surface area contributed by atoms with Crippen molar-refractivity contribution in [2.24, 2.45) is 0 Å². The van der Waals surface area contributed by atoms with Gasteiger partial charge in [-0.05, 0) is 30.3 Å². The quantitative estimate of drug-likeness (QED) is 0.644. The van der Waals surface area contributed by atoms with Crippen LogP contribution >= 0.6 is 46.1 Å². The van der Waals surface area contributed by atoms with Gasteiger partial charge in [-0.15, -0.1) is 0 Å². The van der Waals surface area contributed by atoms with Crippen molar-refractivity contribution in [3.8, 4) is 5.75 Å². The van der Waals surface area contributed by atoms with Gasteiger partial charge in [-0.25, -0.2) is 4.98 Å². The van der Waals surface area contributed by atoms with E-state index in [1.807, 2.05) is 0 Å². The number of nitrogens with one attached hydrogen (secondary N) is 1. The van der Waals surface area contributed by atoms with Gasteiger partial charge in [-0.3, -0.25) is 10.1 Å². The number of hydrogen-bond donors (Lipinski definition) is 1. The fourth-order valence-electron chi connectivity index (χ4n) is 2.01. The lowest BCUT2D eigenvalue weighted by Gasteiger charge is -2.04. The molecule has 0 radical (unpaired) electrons. The summed E-state index contributed by atoms with van der Waals surface area (Å²) in [7, 11) is 1.55. The van der Waals surface area contributed by atoms with E-state index >= 15 is 0 Å². The van der Waals surface area contributed by atoms with Gasteiger partial charge < -0.3 is 4.74 Å². The highest BCUT2D eigenvalue weighted by Crippen LogP contribution is 2.37. The number of carbonyl (C=O) groups is 1. The van der Waals surface area contributed by atoms with E-state index in [0.29, 0.717) is 31.5 Å². The number of rotatable bonds is 3. The molecule has 3 aromatic rings. The fraction of sp³-hybridized carbons (Fsp3) is 0.0667. The van der Waals surface area contributed by atoms with Gasteiger partial charge in [-0.1, -0.05) is 46.1 Å². The molecule has 0 unspecified atom stereocenters. The second kappa shape index (κ2) is 6.53. The van der Waals surface area contributed by atoms with Gasteiger partial charge >= 0.3 is 0 Å². The Morgan fingerprint density at radius 3 is 2.65 bits per heavy atom. The fourth-order valence-corrected chi connectivity index (χ4v) is 3.53. The van der Waals surface area contributed by atoms with Gasteiger partial charge in [0.15, 0.2) is 5.13 Å². The number of ether oxygens (including phenoxy) is 1. The van der Waals surface area contributed by atoms with E-state index in [0.717, 1.165) is 4.70 Å². The average Bonchev–Trinajstić information content (AvgIpc) is 2.94. The second-order valence-corrected chi connectivity index (χ2v) is 6.77. The van der Waals surface area contributed by atoms with Crippen LogP contribution in [0, 0.1) is 0 Å². The van der Waals surface area contributed by atoms with E-state index in [1.165, 1.54) is 17.4 Å². The van der Waals surface area contributed by atoms with E-state index in [9.17, 15) is 4.79 Å². The van der Waals surface area contributed by atoms with Crippen LogP contribution in [0.15, 0.2) is 30.3 Å². The zero-order valence-electron chi connectivity index (χ0n) is 11.7. The number of hydrogen-bond acceptors (Lipinski definition) is 4. The highest BCUT2D eigenvalue weighted by atomic mass is 35.5. The lowest BCUT2D eigenvalue weighted by molar-refractivity contribution is 0.102. The zero-order valence-corrected chi connectivity index (χ0v) is 14.8. The maximum Gasteiger partial charge on any atom is 0.259 e. The summed E-state index contributed by atoms with van der Waals surface area (Å²) in [6.07, 6.45) is 0. The van der Waals surface area contributed by atoms with E-state index in [2.05, 4.69) is 10.3 Å². The van der Waals surface area contributed by atoms with Gasteiger partial charge in [0.05, 0.1) is 27.4 Å². The van der Waals surface area contributed by atoms with Crippen LogP contribution in [0.25, 0.3) is 10.2 Å². The molecule has 0 bridgehead atoms. The van der Waals surface area contributed by atoms with Crippen molar-refractivity contribution < 1.29 is 9.53 Å². The Morgan fingerprint density at radius 2 is 1.91 bits per heavy atom. The van der Waals surface area contributed by atoms with Crippen LogP contribution in [0.4, 0.5) is 5.13 Å². The molecule has 0 aliphatic heterocycles. The van der Waals surface area contributed by atoms with Crippen LogP contribution in [-0.2, 0) is 0 Å². The molecule has 4 nitrogen and oxygen atoms in total. The number of fused-ring (bicyclic) bond motifs is 1. The Balaban J connectivity index is 1.97. The molecule has 0 aliphatic rings. The number of amides is 1. The zero-order chi connectivity index (χ0) is 16.6. The van der Waals surface area contributed by atoms with Crippen molar-refractivity contribution >= 4 is 67.4 Å².